The summed E-state index contributed by atoms with van der Waals surface area (Å²) in [4.78, 5) is 18.5. The predicted octanol–water partition coefficient (Wildman–Crippen LogP) is 5.19. The lowest BCUT2D eigenvalue weighted by Gasteiger charge is -2.21. The maximum Gasteiger partial charge on any atom is 0.257 e. The zero-order chi connectivity index (χ0) is 24.0. The van der Waals surface area contributed by atoms with Gasteiger partial charge >= 0.3 is 0 Å². The third-order valence-electron chi connectivity index (χ3n) is 5.08. The van der Waals surface area contributed by atoms with Gasteiger partial charge in [0.2, 0.25) is 10.0 Å². The average Bonchev–Trinajstić information content (AvgIpc) is 3.18. The van der Waals surface area contributed by atoms with Crippen LogP contribution >= 0.6 is 11.3 Å². The summed E-state index contributed by atoms with van der Waals surface area (Å²) in [6.45, 7) is 6.79. The van der Waals surface area contributed by atoms with Crippen LogP contribution in [0.3, 0.4) is 0 Å². The summed E-state index contributed by atoms with van der Waals surface area (Å²) < 4.78 is 32.5. The first-order chi connectivity index (χ1) is 15.8. The van der Waals surface area contributed by atoms with E-state index in [0.717, 1.165) is 34.7 Å². The van der Waals surface area contributed by atoms with E-state index in [1.165, 1.54) is 39.9 Å². The van der Waals surface area contributed by atoms with E-state index in [0.29, 0.717) is 23.8 Å². The third-order valence-corrected chi connectivity index (χ3v) is 7.88. The molecule has 0 aliphatic rings. The average molecular weight is 488 g/mol. The number of amides is 1. The van der Waals surface area contributed by atoms with Gasteiger partial charge in [0.05, 0.1) is 17.7 Å². The molecule has 0 fully saturated rings. The Balaban J connectivity index is 1.75. The molecule has 0 saturated heterocycles. The molecule has 0 aliphatic heterocycles. The number of hydrogen-bond donors (Lipinski definition) is 1. The van der Waals surface area contributed by atoms with Crippen LogP contribution in [-0.2, 0) is 10.0 Å². The van der Waals surface area contributed by atoms with E-state index in [1.807, 2.05) is 45.0 Å². The molecule has 0 aliphatic carbocycles. The predicted molar refractivity (Wildman–Crippen MR) is 133 cm³/mol. The van der Waals surface area contributed by atoms with E-state index < -0.39 is 10.0 Å². The Morgan fingerprint density at radius 1 is 1.03 bits per heavy atom. The fourth-order valence-corrected chi connectivity index (χ4v) is 5.87. The van der Waals surface area contributed by atoms with Crippen molar-refractivity contribution in [3.05, 3.63) is 59.0 Å². The largest absolute Gasteiger partial charge is 0.497 e. The summed E-state index contributed by atoms with van der Waals surface area (Å²) in [5, 5.41) is 3.30. The monoisotopic (exact) mass is 487 g/mol. The van der Waals surface area contributed by atoms with Gasteiger partial charge in [-0.2, -0.15) is 4.31 Å². The Kier molecular flexibility index (Phi) is 8.23. The Morgan fingerprint density at radius 2 is 1.64 bits per heavy atom. The summed E-state index contributed by atoms with van der Waals surface area (Å²) in [5.74, 6) is 0.422. The van der Waals surface area contributed by atoms with Crippen LogP contribution < -0.4 is 10.1 Å². The number of carbonyl (C=O) groups is 1. The molecule has 1 amide bonds. The highest BCUT2D eigenvalue weighted by atomic mass is 32.2. The van der Waals surface area contributed by atoms with Crippen molar-refractivity contribution in [3.8, 4) is 17.0 Å². The van der Waals surface area contributed by atoms with Crippen molar-refractivity contribution in [3.63, 3.8) is 0 Å². The number of sulfonamides is 1. The van der Waals surface area contributed by atoms with Gasteiger partial charge < -0.3 is 4.74 Å². The van der Waals surface area contributed by atoms with Crippen molar-refractivity contribution in [2.45, 2.75) is 38.5 Å². The number of nitrogens with zero attached hydrogens (tertiary/aromatic N) is 2. The van der Waals surface area contributed by atoms with Gasteiger partial charge in [-0.05, 0) is 68.3 Å². The van der Waals surface area contributed by atoms with E-state index in [-0.39, 0.29) is 10.8 Å². The number of carbonyl (C=O) groups excluding carboxylic acids is 1. The summed E-state index contributed by atoms with van der Waals surface area (Å²) in [6, 6.07) is 13.6. The minimum Gasteiger partial charge on any atom is -0.497 e. The number of nitrogens with one attached hydrogen (secondary N) is 1. The summed E-state index contributed by atoms with van der Waals surface area (Å²) >= 11 is 1.39. The maximum absolute atomic E-state index is 12.9. The standard InChI is InChI=1S/C24H29N3O4S2/c1-5-15-27(16-6-2)33(29,30)21-13-9-19(10-14-21)23(28)26-24-25-22(17(3)32-24)18-7-11-20(31-4)12-8-18/h7-14H,5-6,15-16H2,1-4H3,(H,25,26,28). The first-order valence-electron chi connectivity index (χ1n) is 10.8. The molecule has 3 rings (SSSR count). The Hall–Kier alpha value is -2.75. The topological polar surface area (TPSA) is 88.6 Å². The zero-order valence-corrected chi connectivity index (χ0v) is 20.9. The van der Waals surface area contributed by atoms with Crippen LogP contribution in [0.5, 0.6) is 5.75 Å². The van der Waals surface area contributed by atoms with E-state index in [9.17, 15) is 13.2 Å². The summed E-state index contributed by atoms with van der Waals surface area (Å²) in [5.41, 5.74) is 2.10. The molecule has 0 spiro atoms. The maximum atomic E-state index is 12.9. The number of benzene rings is 2. The molecule has 3 aromatic rings. The molecule has 0 saturated carbocycles. The van der Waals surface area contributed by atoms with Gasteiger partial charge in [0, 0.05) is 29.1 Å². The molecule has 0 unspecified atom stereocenters. The SMILES string of the molecule is CCCN(CCC)S(=O)(=O)c1ccc(C(=O)Nc2nc(-c3ccc(OC)cc3)c(C)s2)cc1. The van der Waals surface area contributed by atoms with Gasteiger partial charge in [-0.3, -0.25) is 10.1 Å². The van der Waals surface area contributed by atoms with E-state index >= 15 is 0 Å². The second-order valence-electron chi connectivity index (χ2n) is 7.53. The molecular weight excluding hydrogens is 458 g/mol. The first-order valence-corrected chi connectivity index (χ1v) is 13.1. The van der Waals surface area contributed by atoms with Crippen molar-refractivity contribution < 1.29 is 17.9 Å². The second kappa shape index (κ2) is 10.9. The Bertz CT molecular complexity index is 1180. The Morgan fingerprint density at radius 3 is 2.18 bits per heavy atom. The van der Waals surface area contributed by atoms with Gasteiger partial charge in [-0.1, -0.05) is 13.8 Å². The van der Waals surface area contributed by atoms with Crippen molar-refractivity contribution in [1.29, 1.82) is 0 Å². The molecule has 0 radical (unpaired) electrons. The molecule has 1 aromatic heterocycles. The molecule has 9 heteroatoms. The number of aryl methyl sites for hydroxylation is 1. The van der Waals surface area contributed by atoms with E-state index in [4.69, 9.17) is 4.74 Å². The van der Waals surface area contributed by atoms with Gasteiger partial charge in [0.25, 0.3) is 5.91 Å². The number of aromatic nitrogens is 1. The van der Waals surface area contributed by atoms with Crippen LogP contribution in [0.15, 0.2) is 53.4 Å². The van der Waals surface area contributed by atoms with Crippen LogP contribution in [0.2, 0.25) is 0 Å². The molecular formula is C24H29N3O4S2. The lowest BCUT2D eigenvalue weighted by Crippen LogP contribution is -2.32. The molecule has 7 nitrogen and oxygen atoms in total. The van der Waals surface area contributed by atoms with Crippen molar-refractivity contribution in [2.75, 3.05) is 25.5 Å². The number of methoxy groups -OCH3 is 1. The van der Waals surface area contributed by atoms with Gasteiger partial charge in [-0.25, -0.2) is 13.4 Å². The fourth-order valence-electron chi connectivity index (χ4n) is 3.41. The number of hydrogen-bond acceptors (Lipinski definition) is 6. The van der Waals surface area contributed by atoms with Crippen molar-refractivity contribution in [2.24, 2.45) is 0 Å². The van der Waals surface area contributed by atoms with Crippen LogP contribution in [0.1, 0.15) is 41.9 Å². The highest BCUT2D eigenvalue weighted by Gasteiger charge is 2.23. The van der Waals surface area contributed by atoms with Crippen LogP contribution in [0, 0.1) is 6.92 Å². The quantitative estimate of drug-likeness (QED) is 0.425. The highest BCUT2D eigenvalue weighted by molar-refractivity contribution is 7.89. The summed E-state index contributed by atoms with van der Waals surface area (Å²) in [6.07, 6.45) is 1.48. The lowest BCUT2D eigenvalue weighted by molar-refractivity contribution is 0.102. The molecule has 1 heterocycles. The lowest BCUT2D eigenvalue weighted by atomic mass is 10.1. The Labute approximate surface area is 199 Å². The normalized spacial score (nSPS) is 11.5. The van der Waals surface area contributed by atoms with Gasteiger partial charge in [0.15, 0.2) is 5.13 Å². The summed E-state index contributed by atoms with van der Waals surface area (Å²) in [7, 11) is -1.97. The number of anilines is 1. The minimum absolute atomic E-state index is 0.188. The minimum atomic E-state index is -3.58. The van der Waals surface area contributed by atoms with Gasteiger partial charge in [0.1, 0.15) is 5.75 Å². The molecule has 0 atom stereocenters. The number of rotatable bonds is 10. The molecule has 33 heavy (non-hydrogen) atoms. The second-order valence-corrected chi connectivity index (χ2v) is 10.7. The fraction of sp³-hybridized carbons (Fsp3) is 0.333. The van der Waals surface area contributed by atoms with Gasteiger partial charge in [-0.15, -0.1) is 11.3 Å². The number of ether oxygens (including phenoxy) is 1. The van der Waals surface area contributed by atoms with Crippen molar-refractivity contribution in [1.82, 2.24) is 9.29 Å². The molecule has 1 N–H and O–H groups in total. The third kappa shape index (κ3) is 5.79. The molecule has 2 aromatic carbocycles. The highest BCUT2D eigenvalue weighted by Crippen LogP contribution is 2.31. The van der Waals surface area contributed by atoms with E-state index in [2.05, 4.69) is 10.3 Å². The smallest absolute Gasteiger partial charge is 0.257 e. The van der Waals surface area contributed by atoms with Crippen LogP contribution in [0.4, 0.5) is 5.13 Å². The van der Waals surface area contributed by atoms with E-state index in [1.54, 1.807) is 7.11 Å². The molecule has 0 bridgehead atoms. The molecule has 176 valence electrons. The van der Waals surface area contributed by atoms with Crippen LogP contribution in [-0.4, -0.2) is 43.8 Å². The van der Waals surface area contributed by atoms with Crippen LogP contribution in [0.25, 0.3) is 11.3 Å². The first kappa shape index (κ1) is 24.9. The zero-order valence-electron chi connectivity index (χ0n) is 19.3. The number of thiazole rings is 1. The van der Waals surface area contributed by atoms with Crippen molar-refractivity contribution >= 4 is 32.4 Å².